The molecule has 0 fully saturated rings. The van der Waals surface area contributed by atoms with Crippen molar-refractivity contribution in [2.24, 2.45) is 0 Å². The number of nitrogens with one attached hydrogen (secondary N) is 3. The van der Waals surface area contributed by atoms with Crippen molar-refractivity contribution < 1.29 is 19.1 Å². The minimum atomic E-state index is -0.918. The molecule has 2 amide bonds. The number of esters is 1. The third-order valence-corrected chi connectivity index (χ3v) is 4.46. The summed E-state index contributed by atoms with van der Waals surface area (Å²) in [7, 11) is 0. The van der Waals surface area contributed by atoms with Crippen LogP contribution in [-0.2, 0) is 9.53 Å². The van der Waals surface area contributed by atoms with E-state index in [-0.39, 0.29) is 18.7 Å². The summed E-state index contributed by atoms with van der Waals surface area (Å²) >= 11 is 0. The van der Waals surface area contributed by atoms with Crippen LogP contribution in [0.4, 0.5) is 10.5 Å². The number of carbonyl (C=O) groups is 3. The number of ketones is 1. The maximum absolute atomic E-state index is 12.8. The number of H-pyrrole nitrogens is 1. The van der Waals surface area contributed by atoms with Crippen LogP contribution < -0.4 is 10.6 Å². The lowest BCUT2D eigenvalue weighted by molar-refractivity contribution is -0.146. The smallest absolute Gasteiger partial charge is 0.319 e. The minimum absolute atomic E-state index is 0.0350. The number of Topliss-reactive ketones (excluding diaryl/α,β-unsaturated/α-hetero) is 1. The van der Waals surface area contributed by atoms with Gasteiger partial charge in [0.1, 0.15) is 0 Å². The number of rotatable bonds is 7. The van der Waals surface area contributed by atoms with Gasteiger partial charge in [-0.15, -0.1) is 0 Å². The summed E-state index contributed by atoms with van der Waals surface area (Å²) in [5, 5.41) is 6.04. The fourth-order valence-corrected chi connectivity index (χ4v) is 3.08. The maximum atomic E-state index is 12.8. The van der Waals surface area contributed by atoms with Gasteiger partial charge in [0.15, 0.2) is 6.10 Å². The Morgan fingerprint density at radius 3 is 2.48 bits per heavy atom. The molecule has 150 valence electrons. The Morgan fingerprint density at radius 1 is 1.03 bits per heavy atom. The predicted octanol–water partition coefficient (Wildman–Crippen LogP) is 3.80. The molecule has 0 bridgehead atoms. The van der Waals surface area contributed by atoms with E-state index in [2.05, 4.69) is 15.6 Å². The van der Waals surface area contributed by atoms with Crippen LogP contribution >= 0.6 is 0 Å². The molecule has 0 radical (unpaired) electrons. The van der Waals surface area contributed by atoms with E-state index in [4.69, 9.17) is 4.74 Å². The molecule has 1 heterocycles. The number of aromatic nitrogens is 1. The molecule has 0 saturated heterocycles. The minimum Gasteiger partial charge on any atom is -0.454 e. The van der Waals surface area contributed by atoms with Crippen molar-refractivity contribution in [3.8, 4) is 0 Å². The number of benzene rings is 2. The highest BCUT2D eigenvalue weighted by Crippen LogP contribution is 2.23. The number of fused-ring (bicyclic) bond motifs is 1. The Hall–Kier alpha value is -3.61. The van der Waals surface area contributed by atoms with Crippen LogP contribution in [0.25, 0.3) is 10.9 Å². The first-order valence-corrected chi connectivity index (χ1v) is 9.36. The van der Waals surface area contributed by atoms with Gasteiger partial charge in [-0.1, -0.05) is 36.4 Å². The van der Waals surface area contributed by atoms with E-state index in [1.165, 1.54) is 0 Å². The molecule has 3 N–H and O–H groups in total. The Bertz CT molecular complexity index is 1030. The normalized spacial score (nSPS) is 11.7. The quantitative estimate of drug-likeness (QED) is 0.420. The van der Waals surface area contributed by atoms with Gasteiger partial charge in [-0.05, 0) is 32.0 Å². The van der Waals surface area contributed by atoms with Crippen molar-refractivity contribution >= 4 is 34.4 Å². The molecule has 3 aromatic rings. The lowest BCUT2D eigenvalue weighted by Gasteiger charge is -2.13. The van der Waals surface area contributed by atoms with E-state index >= 15 is 0 Å². The van der Waals surface area contributed by atoms with E-state index in [9.17, 15) is 14.4 Å². The largest absolute Gasteiger partial charge is 0.454 e. The summed E-state index contributed by atoms with van der Waals surface area (Å²) in [5.74, 6) is -0.813. The van der Waals surface area contributed by atoms with Crippen molar-refractivity contribution in [3.05, 3.63) is 65.9 Å². The van der Waals surface area contributed by atoms with Crippen LogP contribution in [0.3, 0.4) is 0 Å². The van der Waals surface area contributed by atoms with Gasteiger partial charge in [0.25, 0.3) is 0 Å². The first-order chi connectivity index (χ1) is 14.0. The van der Waals surface area contributed by atoms with Gasteiger partial charge in [-0.2, -0.15) is 0 Å². The van der Waals surface area contributed by atoms with Gasteiger partial charge in [-0.25, -0.2) is 4.79 Å². The number of para-hydroxylation sites is 2. The highest BCUT2D eigenvalue weighted by atomic mass is 16.5. The molecular formula is C22H23N3O4. The van der Waals surface area contributed by atoms with E-state index in [1.54, 1.807) is 31.2 Å². The number of aryl methyl sites for hydroxylation is 1. The summed E-state index contributed by atoms with van der Waals surface area (Å²) in [6.45, 7) is 3.47. The van der Waals surface area contributed by atoms with Gasteiger partial charge in [0.05, 0.1) is 6.42 Å². The predicted molar refractivity (Wildman–Crippen MR) is 111 cm³/mol. The molecule has 0 aliphatic rings. The van der Waals surface area contributed by atoms with E-state index in [0.29, 0.717) is 11.3 Å². The first kappa shape index (κ1) is 20.1. The number of hydrogen-bond donors (Lipinski definition) is 3. The van der Waals surface area contributed by atoms with Crippen molar-refractivity contribution in [1.29, 1.82) is 0 Å². The average Bonchev–Trinajstić information content (AvgIpc) is 3.03. The van der Waals surface area contributed by atoms with Crippen LogP contribution in [0.2, 0.25) is 0 Å². The number of anilines is 1. The van der Waals surface area contributed by atoms with Crippen LogP contribution in [0.5, 0.6) is 0 Å². The zero-order valence-electron chi connectivity index (χ0n) is 16.3. The molecule has 29 heavy (non-hydrogen) atoms. The van der Waals surface area contributed by atoms with E-state index < -0.39 is 18.1 Å². The second kappa shape index (κ2) is 9.05. The summed E-state index contributed by atoms with van der Waals surface area (Å²) in [6.07, 6.45) is -0.953. The highest BCUT2D eigenvalue weighted by molar-refractivity contribution is 6.11. The lowest BCUT2D eigenvalue weighted by Crippen LogP contribution is -2.32. The molecule has 0 spiro atoms. The van der Waals surface area contributed by atoms with Gasteiger partial charge >= 0.3 is 12.0 Å². The Labute approximate surface area is 168 Å². The third-order valence-electron chi connectivity index (χ3n) is 4.46. The molecule has 2 aromatic carbocycles. The monoisotopic (exact) mass is 393 g/mol. The topological polar surface area (TPSA) is 100 Å². The summed E-state index contributed by atoms with van der Waals surface area (Å²) in [4.78, 5) is 39.8. The molecule has 3 rings (SSSR count). The Balaban J connectivity index is 1.49. The van der Waals surface area contributed by atoms with Gasteiger partial charge in [0.2, 0.25) is 5.78 Å². The number of ether oxygens (including phenoxy) is 1. The molecule has 0 saturated carbocycles. The molecule has 0 aliphatic heterocycles. The number of aromatic amines is 1. The molecule has 1 atom stereocenters. The number of carbonyl (C=O) groups excluding carboxylic acids is 3. The number of urea groups is 1. The SMILES string of the molecule is Cc1[nH]c2ccccc2c1C(=O)[C@H](C)OC(=O)CCNC(=O)Nc1ccccc1. The van der Waals surface area contributed by atoms with Crippen LogP contribution in [0.1, 0.15) is 29.4 Å². The van der Waals surface area contributed by atoms with Gasteiger partial charge in [0, 0.05) is 34.4 Å². The Kier molecular flexibility index (Phi) is 6.29. The zero-order chi connectivity index (χ0) is 20.8. The summed E-state index contributed by atoms with van der Waals surface area (Å²) < 4.78 is 5.27. The van der Waals surface area contributed by atoms with Gasteiger partial charge < -0.3 is 20.4 Å². The fourth-order valence-electron chi connectivity index (χ4n) is 3.08. The van der Waals surface area contributed by atoms with Crippen molar-refractivity contribution in [1.82, 2.24) is 10.3 Å². The lowest BCUT2D eigenvalue weighted by atomic mass is 10.0. The standard InChI is InChI=1S/C22H23N3O4/c1-14-20(17-10-6-7-11-18(17)24-14)21(27)15(2)29-19(26)12-13-23-22(28)25-16-8-4-3-5-9-16/h3-11,15,24H,12-13H2,1-2H3,(H2,23,25,28)/t15-/m0/s1. The number of amides is 2. The molecule has 0 aliphatic carbocycles. The molecule has 7 nitrogen and oxygen atoms in total. The molecular weight excluding hydrogens is 370 g/mol. The first-order valence-electron chi connectivity index (χ1n) is 9.36. The van der Waals surface area contributed by atoms with Gasteiger partial charge in [-0.3, -0.25) is 9.59 Å². The second-order valence-electron chi connectivity index (χ2n) is 6.66. The zero-order valence-corrected chi connectivity index (χ0v) is 16.3. The van der Waals surface area contributed by atoms with Crippen molar-refractivity contribution in [3.63, 3.8) is 0 Å². The van der Waals surface area contributed by atoms with Crippen LogP contribution in [0.15, 0.2) is 54.6 Å². The summed E-state index contributed by atoms with van der Waals surface area (Å²) in [5.41, 5.74) is 2.78. The third kappa shape index (κ3) is 5.01. The van der Waals surface area contributed by atoms with Crippen LogP contribution in [-0.4, -0.2) is 35.4 Å². The average molecular weight is 393 g/mol. The number of hydrogen-bond acceptors (Lipinski definition) is 4. The van der Waals surface area contributed by atoms with Crippen molar-refractivity contribution in [2.75, 3.05) is 11.9 Å². The van der Waals surface area contributed by atoms with Crippen LogP contribution in [0, 0.1) is 6.92 Å². The van der Waals surface area contributed by atoms with Crippen molar-refractivity contribution in [2.45, 2.75) is 26.4 Å². The molecule has 1 aromatic heterocycles. The van der Waals surface area contributed by atoms with E-state index in [0.717, 1.165) is 16.6 Å². The molecule has 0 unspecified atom stereocenters. The Morgan fingerprint density at radius 2 is 1.72 bits per heavy atom. The molecule has 7 heteroatoms. The highest BCUT2D eigenvalue weighted by Gasteiger charge is 2.24. The maximum Gasteiger partial charge on any atom is 0.319 e. The second-order valence-corrected chi connectivity index (χ2v) is 6.66. The summed E-state index contributed by atoms with van der Waals surface area (Å²) in [6, 6.07) is 16.1. The van der Waals surface area contributed by atoms with E-state index in [1.807, 2.05) is 37.3 Å². The fraction of sp³-hybridized carbons (Fsp3) is 0.227.